The van der Waals surface area contributed by atoms with E-state index in [1.54, 1.807) is 47.8 Å². The Morgan fingerprint density at radius 3 is 2.41 bits per heavy atom. The van der Waals surface area contributed by atoms with Crippen LogP contribution in [-0.2, 0) is 17.4 Å². The number of rotatable bonds is 13. The van der Waals surface area contributed by atoms with E-state index in [-0.39, 0.29) is 36.1 Å². The van der Waals surface area contributed by atoms with Gasteiger partial charge in [-0.25, -0.2) is 4.79 Å². The van der Waals surface area contributed by atoms with Crippen LogP contribution in [0.4, 0.5) is 0 Å². The van der Waals surface area contributed by atoms with Gasteiger partial charge in [0.1, 0.15) is 5.75 Å². The smallest absolute Gasteiger partial charge is 0.333 e. The number of fused-ring (bicyclic) bond motifs is 1. The lowest BCUT2D eigenvalue weighted by Gasteiger charge is -2.33. The number of methoxy groups -OCH3 is 1. The SMILES string of the molecule is COc1ccc(C(=O)N2CCC(CCOc3nc(C(CO)(OC4CC4)c4ccccc4)c4cc(-c5cc(C)c(=O)n(C)c5)ccc4n3)CC2)cc1-n1ccc(=O)[nH]c1=O. The van der Waals surface area contributed by atoms with Gasteiger partial charge in [-0.05, 0) is 98.0 Å². The second-order valence-electron chi connectivity index (χ2n) is 15.3. The number of piperidine rings is 1. The number of aromatic amines is 1. The van der Waals surface area contributed by atoms with Crippen molar-refractivity contribution >= 4 is 16.8 Å². The van der Waals surface area contributed by atoms with E-state index in [9.17, 15) is 24.3 Å². The molecular weight excluding hydrogens is 753 g/mol. The van der Waals surface area contributed by atoms with E-state index in [2.05, 4.69) is 4.98 Å². The standard InChI is InChI=1S/C45H46N6O8/c1-28-23-32(26-49(2)41(28)54)30-9-13-36-35(24-30)40(45(27-52,59-34-11-12-34)33-7-5-4-6-8-33)48-43(46-36)58-22-18-29-15-19-50(20-16-29)42(55)31-10-14-38(57-3)37(25-31)51-21-17-39(53)47-44(51)56/h4-10,13-14,17,21,23-26,29,34,52H,11-12,15-16,18-20,22,27H2,1-3H3,(H,47,53,56). The number of benzene rings is 3. The molecule has 1 atom stereocenters. The Bertz CT molecular complexity index is 2670. The Morgan fingerprint density at radius 2 is 1.71 bits per heavy atom. The number of ether oxygens (including phenoxy) is 3. The molecule has 2 N–H and O–H groups in total. The van der Waals surface area contributed by atoms with Gasteiger partial charge in [0.2, 0.25) is 0 Å². The first-order chi connectivity index (χ1) is 28.6. The zero-order valence-corrected chi connectivity index (χ0v) is 33.2. The van der Waals surface area contributed by atoms with Crippen LogP contribution in [0.25, 0.3) is 27.7 Å². The molecule has 0 spiro atoms. The monoisotopic (exact) mass is 798 g/mol. The number of hydrogen-bond acceptors (Lipinski definition) is 10. The molecule has 1 saturated carbocycles. The summed E-state index contributed by atoms with van der Waals surface area (Å²) in [6.07, 6.45) is 7.15. The Labute approximate surface area is 339 Å². The van der Waals surface area contributed by atoms with Crippen LogP contribution in [0, 0.1) is 12.8 Å². The van der Waals surface area contributed by atoms with Crippen LogP contribution in [-0.4, -0.2) is 79.5 Å². The van der Waals surface area contributed by atoms with Gasteiger partial charge in [-0.3, -0.25) is 23.9 Å². The number of amides is 1. The molecule has 0 radical (unpaired) electrons. The Balaban J connectivity index is 1.01. The predicted molar refractivity (Wildman–Crippen MR) is 221 cm³/mol. The van der Waals surface area contributed by atoms with Crippen LogP contribution in [0.2, 0.25) is 0 Å². The number of aromatic nitrogens is 5. The van der Waals surface area contributed by atoms with Gasteiger partial charge in [-0.15, -0.1) is 0 Å². The molecule has 1 unspecified atom stereocenters. The number of pyridine rings is 1. The number of carbonyl (C=O) groups is 1. The molecule has 1 amide bonds. The molecule has 0 bridgehead atoms. The minimum atomic E-state index is -1.29. The quantitative estimate of drug-likeness (QED) is 0.164. The Hall–Kier alpha value is -6.38. The second-order valence-corrected chi connectivity index (χ2v) is 15.3. The highest BCUT2D eigenvalue weighted by Gasteiger charge is 2.43. The topological polar surface area (TPSA) is 171 Å². The lowest BCUT2D eigenvalue weighted by molar-refractivity contribution is -0.0675. The maximum atomic E-state index is 13.6. The zero-order valence-electron chi connectivity index (χ0n) is 33.2. The van der Waals surface area contributed by atoms with Gasteiger partial charge in [0, 0.05) is 55.1 Å². The number of carbonyl (C=O) groups excluding carboxylic acids is 1. The first-order valence-corrected chi connectivity index (χ1v) is 19.8. The van der Waals surface area contributed by atoms with E-state index < -0.39 is 16.9 Å². The molecular formula is C45H46N6O8. The number of aryl methyl sites for hydroxylation is 2. The maximum Gasteiger partial charge on any atom is 0.333 e. The summed E-state index contributed by atoms with van der Waals surface area (Å²) in [4.78, 5) is 64.2. The molecule has 4 heterocycles. The van der Waals surface area contributed by atoms with Gasteiger partial charge < -0.3 is 28.8 Å². The number of aliphatic hydroxyl groups excluding tert-OH is 1. The molecule has 2 aliphatic rings. The van der Waals surface area contributed by atoms with Crippen molar-refractivity contribution in [2.45, 2.75) is 50.7 Å². The molecule has 3 aromatic heterocycles. The third kappa shape index (κ3) is 8.05. The zero-order chi connectivity index (χ0) is 41.3. The van der Waals surface area contributed by atoms with E-state index in [0.29, 0.717) is 65.3 Å². The van der Waals surface area contributed by atoms with Crippen molar-refractivity contribution in [2.24, 2.45) is 13.0 Å². The van der Waals surface area contributed by atoms with Crippen molar-refractivity contribution in [3.05, 3.63) is 145 Å². The molecule has 1 aliphatic carbocycles. The predicted octanol–water partition coefficient (Wildman–Crippen LogP) is 4.89. The highest BCUT2D eigenvalue weighted by molar-refractivity contribution is 5.95. The normalized spacial score (nSPS) is 15.6. The van der Waals surface area contributed by atoms with E-state index in [4.69, 9.17) is 24.2 Å². The van der Waals surface area contributed by atoms with E-state index in [0.717, 1.165) is 42.4 Å². The van der Waals surface area contributed by atoms with Gasteiger partial charge in [0.05, 0.1) is 43.3 Å². The van der Waals surface area contributed by atoms with Crippen LogP contribution >= 0.6 is 0 Å². The first kappa shape index (κ1) is 39.4. The van der Waals surface area contributed by atoms with Crippen LogP contribution in [0.1, 0.15) is 59.3 Å². The second kappa shape index (κ2) is 16.5. The van der Waals surface area contributed by atoms with E-state index in [1.807, 2.05) is 54.6 Å². The van der Waals surface area contributed by atoms with Crippen LogP contribution < -0.4 is 26.3 Å². The van der Waals surface area contributed by atoms with Crippen molar-refractivity contribution < 1.29 is 24.1 Å². The van der Waals surface area contributed by atoms with Gasteiger partial charge in [-0.2, -0.15) is 9.97 Å². The first-order valence-electron chi connectivity index (χ1n) is 19.8. The molecule has 59 heavy (non-hydrogen) atoms. The molecule has 2 fully saturated rings. The Kier molecular flexibility index (Phi) is 11.0. The number of H-pyrrole nitrogens is 1. The fourth-order valence-corrected chi connectivity index (χ4v) is 7.88. The summed E-state index contributed by atoms with van der Waals surface area (Å²) in [5.41, 5.74) is 2.49. The third-order valence-corrected chi connectivity index (χ3v) is 11.3. The number of nitrogens with zero attached hydrogens (tertiary/aromatic N) is 5. The van der Waals surface area contributed by atoms with Crippen molar-refractivity contribution in [3.8, 4) is 28.6 Å². The maximum absolute atomic E-state index is 13.6. The minimum absolute atomic E-state index is 0.0315. The van der Waals surface area contributed by atoms with Crippen molar-refractivity contribution in [1.82, 2.24) is 29.0 Å². The van der Waals surface area contributed by atoms with Crippen molar-refractivity contribution in [2.75, 3.05) is 33.4 Å². The fourth-order valence-electron chi connectivity index (χ4n) is 7.88. The van der Waals surface area contributed by atoms with Crippen molar-refractivity contribution in [1.29, 1.82) is 0 Å². The summed E-state index contributed by atoms with van der Waals surface area (Å²) < 4.78 is 21.3. The number of likely N-dealkylation sites (tertiary alicyclic amines) is 1. The summed E-state index contributed by atoms with van der Waals surface area (Å²) >= 11 is 0. The molecule has 14 heteroatoms. The van der Waals surface area contributed by atoms with Gasteiger partial charge in [0.15, 0.2) is 5.60 Å². The average Bonchev–Trinajstić information content (AvgIpc) is 4.08. The third-order valence-electron chi connectivity index (χ3n) is 11.3. The summed E-state index contributed by atoms with van der Waals surface area (Å²) in [6, 6.07) is 23.7. The number of aliphatic hydroxyl groups is 1. The van der Waals surface area contributed by atoms with Gasteiger partial charge >= 0.3 is 11.7 Å². The van der Waals surface area contributed by atoms with Crippen LogP contribution in [0.15, 0.2) is 106 Å². The molecule has 1 saturated heterocycles. The highest BCUT2D eigenvalue weighted by atomic mass is 16.5. The van der Waals surface area contributed by atoms with Gasteiger partial charge in [0.25, 0.3) is 17.0 Å². The molecule has 3 aromatic carbocycles. The van der Waals surface area contributed by atoms with E-state index >= 15 is 0 Å². The van der Waals surface area contributed by atoms with Crippen molar-refractivity contribution in [3.63, 3.8) is 0 Å². The molecule has 6 aromatic rings. The largest absolute Gasteiger partial charge is 0.495 e. The molecule has 14 nitrogen and oxygen atoms in total. The lowest BCUT2D eigenvalue weighted by atomic mass is 9.87. The van der Waals surface area contributed by atoms with E-state index in [1.165, 1.54) is 23.9 Å². The summed E-state index contributed by atoms with van der Waals surface area (Å²) in [6.45, 7) is 2.88. The summed E-state index contributed by atoms with van der Waals surface area (Å²) in [5.74, 6) is 0.514. The average molecular weight is 799 g/mol. The fraction of sp³-hybridized carbons (Fsp3) is 0.333. The molecule has 1 aliphatic heterocycles. The lowest BCUT2D eigenvalue weighted by Crippen LogP contribution is -2.39. The highest BCUT2D eigenvalue weighted by Crippen LogP contribution is 2.43. The number of nitrogens with one attached hydrogen (secondary N) is 1. The minimum Gasteiger partial charge on any atom is -0.495 e. The Morgan fingerprint density at radius 1 is 0.932 bits per heavy atom. The number of hydrogen-bond donors (Lipinski definition) is 2. The summed E-state index contributed by atoms with van der Waals surface area (Å²) in [7, 11) is 3.21. The molecule has 304 valence electrons. The van der Waals surface area contributed by atoms with Gasteiger partial charge in [-0.1, -0.05) is 36.4 Å². The summed E-state index contributed by atoms with van der Waals surface area (Å²) in [5, 5.41) is 12.0. The molecule has 8 rings (SSSR count). The van der Waals surface area contributed by atoms with Crippen LogP contribution in [0.5, 0.6) is 11.8 Å². The van der Waals surface area contributed by atoms with Crippen LogP contribution in [0.3, 0.4) is 0 Å².